The first-order chi connectivity index (χ1) is 13.0. The van der Waals surface area contributed by atoms with Crippen molar-refractivity contribution in [3.05, 3.63) is 53.1 Å². The third-order valence-corrected chi connectivity index (χ3v) is 5.51. The average Bonchev–Trinajstić information content (AvgIpc) is 3.06. The molecule has 8 nitrogen and oxygen atoms in total. The summed E-state index contributed by atoms with van der Waals surface area (Å²) in [6.45, 7) is 9.69. The summed E-state index contributed by atoms with van der Waals surface area (Å²) in [5.74, 6) is -2.22. The van der Waals surface area contributed by atoms with Gasteiger partial charge in [0, 0.05) is 20.9 Å². The fourth-order valence-electron chi connectivity index (χ4n) is 2.16. The first kappa shape index (κ1) is 23.3. The van der Waals surface area contributed by atoms with Crippen molar-refractivity contribution < 1.29 is 29.3 Å². The van der Waals surface area contributed by atoms with Crippen molar-refractivity contribution in [3.63, 3.8) is 0 Å². The van der Waals surface area contributed by atoms with Gasteiger partial charge in [-0.05, 0) is 30.7 Å². The minimum absolute atomic E-state index is 0.0277. The van der Waals surface area contributed by atoms with E-state index in [4.69, 9.17) is 14.9 Å². The number of rotatable bonds is 8. The number of carboxylic acid groups (broad SMARTS) is 2. The van der Waals surface area contributed by atoms with Crippen LogP contribution in [0.5, 0.6) is 0 Å². The van der Waals surface area contributed by atoms with E-state index in [-0.39, 0.29) is 16.7 Å². The molecule has 1 aromatic carbocycles. The summed E-state index contributed by atoms with van der Waals surface area (Å²) in [6.07, 6.45) is 4.03. The van der Waals surface area contributed by atoms with Gasteiger partial charge in [0.05, 0.1) is 17.5 Å². The molecule has 152 valence electrons. The summed E-state index contributed by atoms with van der Waals surface area (Å²) in [7, 11) is -1.00. The maximum Gasteiger partial charge on any atom is 0.335 e. The molecule has 2 aromatic rings. The summed E-state index contributed by atoms with van der Waals surface area (Å²) in [4.78, 5) is 35.5. The number of ether oxygens (including phenoxy) is 1. The Kier molecular flexibility index (Phi) is 8.74. The summed E-state index contributed by atoms with van der Waals surface area (Å²) >= 11 is 0. The standard InChI is InChI=1S/C10H18N2O2Si.C9H8O4/c1-15(2,3)5-4-14-9-12-6-10(7-13)11-8-12;1-5-6(8(10)11)3-2-4-7(5)9(12)13/h6-8H,4-5,9H2,1-3H3;2-4H,1H3,(H,10,11)(H,12,13). The third-order valence-electron chi connectivity index (χ3n) is 3.81. The second-order valence-corrected chi connectivity index (χ2v) is 13.0. The van der Waals surface area contributed by atoms with Gasteiger partial charge in [0.15, 0.2) is 6.29 Å². The van der Waals surface area contributed by atoms with Crippen LogP contribution in [0.2, 0.25) is 25.7 Å². The molecule has 0 saturated carbocycles. The van der Waals surface area contributed by atoms with Gasteiger partial charge in [0.25, 0.3) is 0 Å². The Morgan fingerprint density at radius 2 is 1.75 bits per heavy atom. The van der Waals surface area contributed by atoms with E-state index in [9.17, 15) is 14.4 Å². The van der Waals surface area contributed by atoms with Crippen molar-refractivity contribution in [2.45, 2.75) is 39.3 Å². The third kappa shape index (κ3) is 7.85. The molecule has 28 heavy (non-hydrogen) atoms. The van der Waals surface area contributed by atoms with E-state index in [1.807, 2.05) is 0 Å². The van der Waals surface area contributed by atoms with Crippen LogP contribution in [0.3, 0.4) is 0 Å². The highest BCUT2D eigenvalue weighted by Gasteiger charge is 2.13. The Labute approximate surface area is 164 Å². The van der Waals surface area contributed by atoms with E-state index < -0.39 is 20.0 Å². The monoisotopic (exact) mass is 406 g/mol. The number of aromatic carboxylic acids is 2. The predicted molar refractivity (Wildman–Crippen MR) is 107 cm³/mol. The molecule has 2 N–H and O–H groups in total. The van der Waals surface area contributed by atoms with E-state index in [1.54, 1.807) is 17.1 Å². The Hall–Kier alpha value is -2.78. The van der Waals surface area contributed by atoms with Crippen LogP contribution in [0.4, 0.5) is 0 Å². The molecule has 0 amide bonds. The first-order valence-electron chi connectivity index (χ1n) is 8.66. The van der Waals surface area contributed by atoms with Gasteiger partial charge >= 0.3 is 11.9 Å². The number of hydrogen-bond donors (Lipinski definition) is 2. The number of aldehydes is 1. The molecule has 2 rings (SSSR count). The lowest BCUT2D eigenvalue weighted by Crippen LogP contribution is -2.21. The Morgan fingerprint density at radius 3 is 2.18 bits per heavy atom. The smallest absolute Gasteiger partial charge is 0.335 e. The number of imidazole rings is 1. The quantitative estimate of drug-likeness (QED) is 0.392. The highest BCUT2D eigenvalue weighted by atomic mass is 28.3. The number of benzene rings is 1. The number of carbonyl (C=O) groups is 3. The number of nitrogens with zero attached hydrogens (tertiary/aromatic N) is 2. The number of carboxylic acids is 2. The highest BCUT2D eigenvalue weighted by Crippen LogP contribution is 2.13. The van der Waals surface area contributed by atoms with Gasteiger partial charge in [-0.15, -0.1) is 0 Å². The van der Waals surface area contributed by atoms with Crippen molar-refractivity contribution in [2.24, 2.45) is 0 Å². The minimum Gasteiger partial charge on any atom is -0.478 e. The normalized spacial score (nSPS) is 10.7. The van der Waals surface area contributed by atoms with Crippen molar-refractivity contribution >= 4 is 26.3 Å². The molecule has 0 radical (unpaired) electrons. The van der Waals surface area contributed by atoms with Crippen molar-refractivity contribution in [2.75, 3.05) is 6.61 Å². The van der Waals surface area contributed by atoms with Gasteiger partial charge in [-0.2, -0.15) is 0 Å². The van der Waals surface area contributed by atoms with E-state index in [0.29, 0.717) is 12.4 Å². The predicted octanol–water partition coefficient (Wildman–Crippen LogP) is 3.40. The fraction of sp³-hybridized carbons (Fsp3) is 0.368. The molecule has 1 aromatic heterocycles. The van der Waals surface area contributed by atoms with Crippen LogP contribution in [0.15, 0.2) is 30.7 Å². The van der Waals surface area contributed by atoms with Gasteiger partial charge in [0.2, 0.25) is 0 Å². The molecular formula is C19H26N2O6Si. The van der Waals surface area contributed by atoms with Gasteiger partial charge in [0.1, 0.15) is 12.4 Å². The zero-order valence-electron chi connectivity index (χ0n) is 16.5. The fourth-order valence-corrected chi connectivity index (χ4v) is 2.91. The van der Waals surface area contributed by atoms with Crippen LogP contribution in [0.25, 0.3) is 0 Å². The van der Waals surface area contributed by atoms with E-state index in [1.165, 1.54) is 25.1 Å². The number of aromatic nitrogens is 2. The minimum atomic E-state index is -1.11. The first-order valence-corrected chi connectivity index (χ1v) is 12.4. The molecule has 9 heteroatoms. The second kappa shape index (κ2) is 10.5. The molecular weight excluding hydrogens is 380 g/mol. The SMILES string of the molecule is C[Si](C)(C)CCOCn1cnc(C=O)c1.Cc1c(C(=O)O)cccc1C(=O)O. The Bertz CT molecular complexity index is 794. The van der Waals surface area contributed by atoms with E-state index >= 15 is 0 Å². The van der Waals surface area contributed by atoms with E-state index in [0.717, 1.165) is 18.9 Å². The van der Waals surface area contributed by atoms with Crippen LogP contribution in [0, 0.1) is 6.92 Å². The molecule has 0 aliphatic heterocycles. The lowest BCUT2D eigenvalue weighted by atomic mass is 10.0. The molecule has 0 saturated heterocycles. The zero-order chi connectivity index (χ0) is 21.3. The van der Waals surface area contributed by atoms with Crippen molar-refractivity contribution in [1.29, 1.82) is 0 Å². The second-order valence-electron chi connectivity index (χ2n) is 7.37. The van der Waals surface area contributed by atoms with Crippen molar-refractivity contribution in [3.8, 4) is 0 Å². The van der Waals surface area contributed by atoms with Crippen LogP contribution < -0.4 is 0 Å². The Balaban J connectivity index is 0.000000283. The van der Waals surface area contributed by atoms with Gasteiger partial charge in [-0.3, -0.25) is 4.79 Å². The summed E-state index contributed by atoms with van der Waals surface area (Å²) < 4.78 is 7.27. The topological polar surface area (TPSA) is 119 Å². The largest absolute Gasteiger partial charge is 0.478 e. The molecule has 0 atom stereocenters. The molecule has 0 spiro atoms. The van der Waals surface area contributed by atoms with Gasteiger partial charge in [-0.25, -0.2) is 14.6 Å². The number of hydrogen-bond acceptors (Lipinski definition) is 5. The molecule has 0 fully saturated rings. The van der Waals surface area contributed by atoms with Crippen LogP contribution >= 0.6 is 0 Å². The summed E-state index contributed by atoms with van der Waals surface area (Å²) in [5.41, 5.74) is 0.783. The maximum atomic E-state index is 10.6. The maximum absolute atomic E-state index is 10.6. The van der Waals surface area contributed by atoms with Crippen LogP contribution in [-0.4, -0.2) is 52.7 Å². The van der Waals surface area contributed by atoms with Crippen LogP contribution in [0.1, 0.15) is 36.8 Å². The molecule has 0 aliphatic rings. The lowest BCUT2D eigenvalue weighted by Gasteiger charge is -2.15. The van der Waals surface area contributed by atoms with Gasteiger partial charge in [-0.1, -0.05) is 25.7 Å². The van der Waals surface area contributed by atoms with Crippen molar-refractivity contribution in [1.82, 2.24) is 9.55 Å². The molecule has 1 heterocycles. The summed E-state index contributed by atoms with van der Waals surface area (Å²) in [6, 6.07) is 5.33. The Morgan fingerprint density at radius 1 is 1.18 bits per heavy atom. The summed E-state index contributed by atoms with van der Waals surface area (Å²) in [5, 5.41) is 17.4. The van der Waals surface area contributed by atoms with Crippen LogP contribution in [-0.2, 0) is 11.5 Å². The lowest BCUT2D eigenvalue weighted by molar-refractivity contribution is 0.0696. The molecule has 0 unspecified atom stereocenters. The van der Waals surface area contributed by atoms with Gasteiger partial charge < -0.3 is 19.5 Å². The zero-order valence-corrected chi connectivity index (χ0v) is 17.5. The average molecular weight is 407 g/mol. The van der Waals surface area contributed by atoms with E-state index in [2.05, 4.69) is 24.6 Å². The molecule has 0 bridgehead atoms. The molecule has 0 aliphatic carbocycles. The highest BCUT2D eigenvalue weighted by molar-refractivity contribution is 6.76. The number of carbonyl (C=O) groups excluding carboxylic acids is 1.